The van der Waals surface area contributed by atoms with Gasteiger partial charge in [-0.3, -0.25) is 4.79 Å². The van der Waals surface area contributed by atoms with E-state index >= 15 is 0 Å². The molecule has 0 aliphatic carbocycles. The maximum Gasteiger partial charge on any atom is 0.268 e. The number of carbonyl (C=O) groups excluding carboxylic acids is 1. The largest absolute Gasteiger partial charge is 0.403 e. The zero-order valence-electron chi connectivity index (χ0n) is 26.6. The number of aromatic nitrogens is 1. The summed E-state index contributed by atoms with van der Waals surface area (Å²) in [6.07, 6.45) is 1.39. The van der Waals surface area contributed by atoms with Gasteiger partial charge in [0.15, 0.2) is 0 Å². The van der Waals surface area contributed by atoms with Gasteiger partial charge >= 0.3 is 0 Å². The predicted octanol–water partition coefficient (Wildman–Crippen LogP) is 6.11. The number of carbonyl (C=O) groups is 1. The number of allylic oxidation sites excluding steroid dienone is 1. The molecule has 7 nitrogen and oxygen atoms in total. The van der Waals surface area contributed by atoms with Gasteiger partial charge in [0.2, 0.25) is 5.78 Å². The van der Waals surface area contributed by atoms with Crippen molar-refractivity contribution in [2.24, 2.45) is 0 Å². The maximum absolute atomic E-state index is 14.2. The molecule has 46 heavy (non-hydrogen) atoms. The molecule has 234 valence electrons. The van der Waals surface area contributed by atoms with E-state index in [1.807, 2.05) is 48.5 Å². The zero-order chi connectivity index (χ0) is 33.1. The minimum absolute atomic E-state index is 0.0330. The molecule has 0 saturated carbocycles. The number of fused-ring (bicyclic) bond motifs is 1. The van der Waals surface area contributed by atoms with Crippen molar-refractivity contribution in [3.8, 4) is 6.07 Å². The Morgan fingerprint density at radius 3 is 1.91 bits per heavy atom. The van der Waals surface area contributed by atoms with Crippen LogP contribution in [0.3, 0.4) is 0 Å². The third kappa shape index (κ3) is 6.07. The highest BCUT2D eigenvalue weighted by atomic mass is 32.2. The average Bonchev–Trinajstić information content (AvgIpc) is 3.44. The smallest absolute Gasteiger partial charge is 0.268 e. The van der Waals surface area contributed by atoms with Crippen molar-refractivity contribution in [1.82, 2.24) is 8.87 Å². The molecule has 1 aromatic heterocycles. The summed E-state index contributed by atoms with van der Waals surface area (Å²) in [7, 11) is -3.72. The van der Waals surface area contributed by atoms with E-state index in [-0.39, 0.29) is 27.8 Å². The van der Waals surface area contributed by atoms with Gasteiger partial charge in [0.1, 0.15) is 17.3 Å². The fourth-order valence-electron chi connectivity index (χ4n) is 5.91. The molecule has 9 heteroatoms. The van der Waals surface area contributed by atoms with E-state index in [0.717, 1.165) is 19.9 Å². The number of hydrogen-bond acceptors (Lipinski definition) is 6. The summed E-state index contributed by atoms with van der Waals surface area (Å²) in [6.45, 7) is 6.82. The van der Waals surface area contributed by atoms with Gasteiger partial charge in [-0.05, 0) is 45.2 Å². The van der Waals surface area contributed by atoms with Gasteiger partial charge in [-0.15, -0.1) is 0 Å². The van der Waals surface area contributed by atoms with E-state index in [4.69, 9.17) is 4.43 Å². The molecule has 5 aromatic rings. The summed E-state index contributed by atoms with van der Waals surface area (Å²) in [5.41, 5.74) is 0.801. The lowest BCUT2D eigenvalue weighted by atomic mass is 10.1. The average molecular weight is 648 g/mol. The summed E-state index contributed by atoms with van der Waals surface area (Å²) in [5, 5.41) is 12.4. The summed E-state index contributed by atoms with van der Waals surface area (Å²) >= 11 is 0. The van der Waals surface area contributed by atoms with Crippen LogP contribution in [0.15, 0.2) is 132 Å². The minimum atomic E-state index is -4.22. The lowest BCUT2D eigenvalue weighted by molar-refractivity contribution is 0.103. The standard InChI is InChI=1S/C37H37N3O4SSi/c1-37(2,3)46(32-17-11-7-12-18-32,33-19-13-8-14-20-33)44-27-28-21-22-29-24-35(36(41)30(25-38)26-39(4)5)40(34(29)23-28)45(42,43)31-15-9-6-10-16-31/h6-24,26H,27H2,1-5H3. The Balaban J connectivity index is 1.68. The first-order valence-electron chi connectivity index (χ1n) is 14.9. The topological polar surface area (TPSA) is 92.4 Å². The first kappa shape index (κ1) is 32.6. The van der Waals surface area contributed by atoms with E-state index in [1.54, 1.807) is 49.3 Å². The van der Waals surface area contributed by atoms with Gasteiger partial charge in [0, 0.05) is 25.7 Å². The van der Waals surface area contributed by atoms with Crippen LogP contribution in [0, 0.1) is 11.3 Å². The molecular formula is C37H37N3O4SSi. The van der Waals surface area contributed by atoms with Crippen molar-refractivity contribution in [3.63, 3.8) is 0 Å². The first-order valence-corrected chi connectivity index (χ1v) is 18.3. The molecule has 0 saturated heterocycles. The van der Waals surface area contributed by atoms with Crippen LogP contribution in [-0.2, 0) is 21.1 Å². The van der Waals surface area contributed by atoms with Crippen molar-refractivity contribution in [3.05, 3.63) is 138 Å². The SMILES string of the molecule is CN(C)C=C(C#N)C(=O)c1cc2ccc(CO[Si](c3ccccc3)(c3ccccc3)C(C)(C)C)cc2n1S(=O)(=O)c1ccccc1. The second-order valence-corrected chi connectivity index (χ2v) is 18.5. The fourth-order valence-corrected chi connectivity index (χ4v) is 12.0. The third-order valence-corrected chi connectivity index (χ3v) is 14.7. The highest BCUT2D eigenvalue weighted by Crippen LogP contribution is 2.37. The normalized spacial score (nSPS) is 12.6. The van der Waals surface area contributed by atoms with Crippen LogP contribution < -0.4 is 10.4 Å². The van der Waals surface area contributed by atoms with Crippen LogP contribution in [0.2, 0.25) is 5.04 Å². The molecule has 0 amide bonds. The van der Waals surface area contributed by atoms with Gasteiger partial charge in [-0.1, -0.05) is 112 Å². The number of Topliss-reactive ketones (excluding diaryl/α,β-unsaturated/α-hetero) is 1. The molecule has 0 bridgehead atoms. The van der Waals surface area contributed by atoms with Crippen LogP contribution in [0.25, 0.3) is 10.9 Å². The second-order valence-electron chi connectivity index (χ2n) is 12.4. The Morgan fingerprint density at radius 2 is 1.41 bits per heavy atom. The van der Waals surface area contributed by atoms with E-state index < -0.39 is 24.1 Å². The van der Waals surface area contributed by atoms with Gasteiger partial charge < -0.3 is 9.33 Å². The molecule has 0 unspecified atom stereocenters. The van der Waals surface area contributed by atoms with Crippen LogP contribution in [0.5, 0.6) is 0 Å². The highest BCUT2D eigenvalue weighted by Gasteiger charge is 2.50. The molecule has 0 radical (unpaired) electrons. The van der Waals surface area contributed by atoms with Crippen LogP contribution in [0.1, 0.15) is 36.8 Å². The van der Waals surface area contributed by atoms with Crippen LogP contribution in [0.4, 0.5) is 0 Å². The summed E-state index contributed by atoms with van der Waals surface area (Å²) < 4.78 is 36.5. The van der Waals surface area contributed by atoms with Crippen molar-refractivity contribution >= 4 is 45.4 Å². The molecule has 0 N–H and O–H groups in total. The molecule has 0 fully saturated rings. The lowest BCUT2D eigenvalue weighted by Gasteiger charge is -2.43. The number of rotatable bonds is 10. The Hall–Kier alpha value is -4.75. The zero-order valence-corrected chi connectivity index (χ0v) is 28.5. The van der Waals surface area contributed by atoms with Gasteiger partial charge in [-0.2, -0.15) is 5.26 Å². The van der Waals surface area contributed by atoms with Crippen molar-refractivity contribution in [1.29, 1.82) is 5.26 Å². The molecule has 0 spiro atoms. The molecule has 4 aromatic carbocycles. The van der Waals surface area contributed by atoms with E-state index in [9.17, 15) is 18.5 Å². The Labute approximate surface area is 272 Å². The van der Waals surface area contributed by atoms with Crippen LogP contribution in [-0.4, -0.2) is 45.5 Å². The summed E-state index contributed by atoms with van der Waals surface area (Å²) in [5.74, 6) is -0.683. The highest BCUT2D eigenvalue weighted by molar-refractivity contribution is 7.90. The number of ketones is 1. The summed E-state index contributed by atoms with van der Waals surface area (Å²) in [6, 6.07) is 37.5. The quantitative estimate of drug-likeness (QED) is 0.0787. The van der Waals surface area contributed by atoms with E-state index in [0.29, 0.717) is 10.9 Å². The Morgan fingerprint density at radius 1 is 0.870 bits per heavy atom. The molecule has 0 atom stereocenters. The predicted molar refractivity (Wildman–Crippen MR) is 185 cm³/mol. The monoisotopic (exact) mass is 647 g/mol. The van der Waals surface area contributed by atoms with E-state index in [1.165, 1.54) is 24.4 Å². The molecular weight excluding hydrogens is 611 g/mol. The molecule has 0 aliphatic rings. The number of nitriles is 1. The Bertz CT molecular complexity index is 2000. The molecule has 5 rings (SSSR count). The lowest BCUT2D eigenvalue weighted by Crippen LogP contribution is -2.66. The molecule has 1 heterocycles. The summed E-state index contributed by atoms with van der Waals surface area (Å²) in [4.78, 5) is 15.3. The minimum Gasteiger partial charge on any atom is -0.403 e. The Kier molecular flexibility index (Phi) is 9.17. The van der Waals surface area contributed by atoms with Gasteiger partial charge in [-0.25, -0.2) is 12.4 Å². The fraction of sp³-hybridized carbons (Fsp3) is 0.189. The van der Waals surface area contributed by atoms with E-state index in [2.05, 4.69) is 45.0 Å². The molecule has 0 aliphatic heterocycles. The van der Waals surface area contributed by atoms with Crippen molar-refractivity contribution in [2.45, 2.75) is 37.3 Å². The third-order valence-electron chi connectivity index (χ3n) is 7.96. The first-order chi connectivity index (χ1) is 21.9. The number of hydrogen-bond donors (Lipinski definition) is 0. The van der Waals surface area contributed by atoms with Gasteiger partial charge in [0.05, 0.1) is 17.0 Å². The van der Waals surface area contributed by atoms with Gasteiger partial charge in [0.25, 0.3) is 18.3 Å². The number of benzene rings is 4. The van der Waals surface area contributed by atoms with Crippen molar-refractivity contribution in [2.75, 3.05) is 14.1 Å². The van der Waals surface area contributed by atoms with Crippen LogP contribution >= 0.6 is 0 Å². The maximum atomic E-state index is 14.2. The second kappa shape index (κ2) is 12.9. The van der Waals surface area contributed by atoms with Crippen molar-refractivity contribution < 1.29 is 17.6 Å². The number of nitrogens with zero attached hydrogens (tertiary/aromatic N) is 3.